The minimum absolute atomic E-state index is 0.114. The first-order valence-corrected chi connectivity index (χ1v) is 9.17. The molecule has 1 aliphatic rings. The van der Waals surface area contributed by atoms with E-state index in [1.807, 2.05) is 0 Å². The van der Waals surface area contributed by atoms with Crippen LogP contribution in [0, 0.1) is 0 Å². The summed E-state index contributed by atoms with van der Waals surface area (Å²) >= 11 is 0. The number of hydrogen-bond acceptors (Lipinski definition) is 3. The van der Waals surface area contributed by atoms with Crippen LogP contribution in [-0.2, 0) is 10.0 Å². The maximum atomic E-state index is 13.3. The summed E-state index contributed by atoms with van der Waals surface area (Å²) in [5.41, 5.74) is -4.32. The Balaban J connectivity index is 2.13. The van der Waals surface area contributed by atoms with E-state index in [0.717, 1.165) is 0 Å². The van der Waals surface area contributed by atoms with Gasteiger partial charge >= 0.3 is 15.5 Å². The molecule has 0 spiro atoms. The van der Waals surface area contributed by atoms with Gasteiger partial charge in [0, 0.05) is 13.1 Å². The first kappa shape index (κ1) is 17.9. The van der Waals surface area contributed by atoms with Crippen molar-refractivity contribution >= 4 is 10.0 Å². The molecule has 0 aliphatic carbocycles. The quantitative estimate of drug-likeness (QED) is 0.903. The molecule has 3 rings (SSSR count). The lowest BCUT2D eigenvalue weighted by Crippen LogP contribution is -2.53. The molecule has 0 bridgehead atoms. The molecule has 0 radical (unpaired) electrons. The van der Waals surface area contributed by atoms with Gasteiger partial charge in [-0.3, -0.25) is 0 Å². The molecule has 2 aromatic carbocycles. The highest BCUT2D eigenvalue weighted by Crippen LogP contribution is 2.41. The fourth-order valence-corrected chi connectivity index (χ4v) is 4.39. The second-order valence-electron chi connectivity index (χ2n) is 5.79. The Morgan fingerprint density at radius 1 is 0.840 bits per heavy atom. The van der Waals surface area contributed by atoms with E-state index in [-0.39, 0.29) is 13.1 Å². The molecule has 2 aromatic rings. The molecule has 0 aromatic heterocycles. The third-order valence-electron chi connectivity index (χ3n) is 4.23. The second kappa shape index (κ2) is 6.78. The summed E-state index contributed by atoms with van der Waals surface area (Å²) in [6, 6.07) is 14.9. The third kappa shape index (κ3) is 3.42. The first-order chi connectivity index (χ1) is 11.8. The SMILES string of the molecule is O=S(=O)(N1C(c2ccccc2)CNCC1c1ccccc1)C(F)(F)F. The molecular formula is C17H17F3N2O2S. The highest BCUT2D eigenvalue weighted by molar-refractivity contribution is 7.90. The Morgan fingerprint density at radius 3 is 1.60 bits per heavy atom. The molecule has 1 fully saturated rings. The summed E-state index contributed by atoms with van der Waals surface area (Å²) in [4.78, 5) is 0. The number of nitrogens with one attached hydrogen (secondary N) is 1. The van der Waals surface area contributed by atoms with Crippen molar-refractivity contribution in [3.63, 3.8) is 0 Å². The summed E-state index contributed by atoms with van der Waals surface area (Å²) < 4.78 is 65.3. The van der Waals surface area contributed by atoms with E-state index in [0.29, 0.717) is 15.4 Å². The predicted octanol–water partition coefficient (Wildman–Crippen LogP) is 3.22. The molecule has 4 nitrogen and oxygen atoms in total. The second-order valence-corrected chi connectivity index (χ2v) is 7.63. The fourth-order valence-electron chi connectivity index (χ4n) is 3.09. The van der Waals surface area contributed by atoms with E-state index < -0.39 is 27.6 Å². The summed E-state index contributed by atoms with van der Waals surface area (Å²) in [5.74, 6) is 0. The fraction of sp³-hybridized carbons (Fsp3) is 0.294. The summed E-state index contributed by atoms with van der Waals surface area (Å²) in [7, 11) is -5.50. The maximum Gasteiger partial charge on any atom is 0.511 e. The summed E-state index contributed by atoms with van der Waals surface area (Å²) in [5, 5.41) is 3.06. The van der Waals surface area contributed by atoms with E-state index in [1.165, 1.54) is 0 Å². The van der Waals surface area contributed by atoms with Gasteiger partial charge in [0.05, 0.1) is 12.1 Å². The largest absolute Gasteiger partial charge is 0.511 e. The zero-order valence-electron chi connectivity index (χ0n) is 13.1. The molecule has 1 N–H and O–H groups in total. The van der Waals surface area contributed by atoms with E-state index in [2.05, 4.69) is 5.32 Å². The molecule has 25 heavy (non-hydrogen) atoms. The summed E-state index contributed by atoms with van der Waals surface area (Å²) in [6.45, 7) is 0.227. The number of halogens is 3. The molecule has 2 atom stereocenters. The summed E-state index contributed by atoms with van der Waals surface area (Å²) in [6.07, 6.45) is 0. The molecule has 1 aliphatic heterocycles. The van der Waals surface area contributed by atoms with Crippen molar-refractivity contribution in [3.05, 3.63) is 71.8 Å². The molecule has 8 heteroatoms. The Kier molecular flexibility index (Phi) is 4.86. The van der Waals surface area contributed by atoms with Gasteiger partial charge in [0.2, 0.25) is 0 Å². The standard InChI is InChI=1S/C17H17F3N2O2S/c18-17(19,20)25(23,24)22-15(13-7-3-1-4-8-13)11-21-12-16(22)14-9-5-2-6-10-14/h1-10,15-16,21H,11-12H2. The predicted molar refractivity (Wildman–Crippen MR) is 88.0 cm³/mol. The van der Waals surface area contributed by atoms with Gasteiger partial charge in [0.1, 0.15) is 0 Å². The number of hydrogen-bond donors (Lipinski definition) is 1. The van der Waals surface area contributed by atoms with Gasteiger partial charge in [-0.15, -0.1) is 0 Å². The van der Waals surface area contributed by atoms with Crippen molar-refractivity contribution in [1.82, 2.24) is 9.62 Å². The molecule has 2 unspecified atom stereocenters. The average molecular weight is 370 g/mol. The van der Waals surface area contributed by atoms with Crippen LogP contribution in [0.15, 0.2) is 60.7 Å². The molecule has 1 heterocycles. The van der Waals surface area contributed by atoms with Crippen LogP contribution in [0.4, 0.5) is 13.2 Å². The molecular weight excluding hydrogens is 353 g/mol. The highest BCUT2D eigenvalue weighted by Gasteiger charge is 2.55. The zero-order chi connectivity index (χ0) is 18.1. The topological polar surface area (TPSA) is 49.4 Å². The molecule has 134 valence electrons. The van der Waals surface area contributed by atoms with E-state index in [4.69, 9.17) is 0 Å². The van der Waals surface area contributed by atoms with E-state index in [1.54, 1.807) is 60.7 Å². The number of rotatable bonds is 3. The van der Waals surface area contributed by atoms with Gasteiger partial charge in [-0.05, 0) is 11.1 Å². The van der Waals surface area contributed by atoms with Crippen molar-refractivity contribution in [2.24, 2.45) is 0 Å². The molecule has 0 amide bonds. The van der Waals surface area contributed by atoms with E-state index >= 15 is 0 Å². The van der Waals surface area contributed by atoms with Crippen molar-refractivity contribution in [3.8, 4) is 0 Å². The Morgan fingerprint density at radius 2 is 1.24 bits per heavy atom. The van der Waals surface area contributed by atoms with Crippen LogP contribution >= 0.6 is 0 Å². The lowest BCUT2D eigenvalue weighted by Gasteiger charge is -2.42. The average Bonchev–Trinajstić information content (AvgIpc) is 2.61. The van der Waals surface area contributed by atoms with Crippen molar-refractivity contribution in [2.75, 3.05) is 13.1 Å². The zero-order valence-corrected chi connectivity index (χ0v) is 14.0. The van der Waals surface area contributed by atoms with Gasteiger partial charge in [-0.1, -0.05) is 60.7 Å². The molecule has 0 saturated carbocycles. The van der Waals surface area contributed by atoms with Gasteiger partial charge < -0.3 is 5.32 Å². The van der Waals surface area contributed by atoms with Gasteiger partial charge in [-0.25, -0.2) is 8.42 Å². The van der Waals surface area contributed by atoms with Crippen molar-refractivity contribution in [1.29, 1.82) is 0 Å². The minimum atomic E-state index is -5.50. The Bertz CT molecular complexity index is 763. The number of benzene rings is 2. The molecule has 1 saturated heterocycles. The normalized spacial score (nSPS) is 22.7. The van der Waals surface area contributed by atoms with Crippen LogP contribution in [0.1, 0.15) is 23.2 Å². The number of alkyl halides is 3. The van der Waals surface area contributed by atoms with Crippen LogP contribution in [0.5, 0.6) is 0 Å². The third-order valence-corrected chi connectivity index (χ3v) is 5.88. The van der Waals surface area contributed by atoms with Crippen LogP contribution in [-0.4, -0.2) is 31.3 Å². The highest BCUT2D eigenvalue weighted by atomic mass is 32.2. The maximum absolute atomic E-state index is 13.3. The van der Waals surface area contributed by atoms with Gasteiger partial charge in [0.15, 0.2) is 0 Å². The smallest absolute Gasteiger partial charge is 0.313 e. The van der Waals surface area contributed by atoms with Crippen LogP contribution < -0.4 is 5.32 Å². The first-order valence-electron chi connectivity index (χ1n) is 7.73. The monoisotopic (exact) mass is 370 g/mol. The Hall–Kier alpha value is -1.90. The lowest BCUT2D eigenvalue weighted by molar-refractivity contribution is -0.0526. The van der Waals surface area contributed by atoms with Gasteiger partial charge in [0.25, 0.3) is 0 Å². The van der Waals surface area contributed by atoms with Crippen molar-refractivity contribution < 1.29 is 21.6 Å². The number of sulfonamides is 1. The van der Waals surface area contributed by atoms with Gasteiger partial charge in [-0.2, -0.15) is 17.5 Å². The van der Waals surface area contributed by atoms with Crippen molar-refractivity contribution in [2.45, 2.75) is 17.6 Å². The lowest BCUT2D eigenvalue weighted by atomic mass is 9.99. The minimum Gasteiger partial charge on any atom is -0.313 e. The van der Waals surface area contributed by atoms with Crippen LogP contribution in [0.25, 0.3) is 0 Å². The van der Waals surface area contributed by atoms with E-state index in [9.17, 15) is 21.6 Å². The van der Waals surface area contributed by atoms with Crippen LogP contribution in [0.2, 0.25) is 0 Å². The van der Waals surface area contributed by atoms with Crippen LogP contribution in [0.3, 0.4) is 0 Å². The number of nitrogens with zero attached hydrogens (tertiary/aromatic N) is 1. The number of piperazine rings is 1. The Labute approximate surface area is 144 Å².